The van der Waals surface area contributed by atoms with Gasteiger partial charge in [0.1, 0.15) is 24.1 Å². The number of piperazine rings is 1. The van der Waals surface area contributed by atoms with E-state index in [1.807, 2.05) is 25.8 Å². The molecule has 0 N–H and O–H groups in total. The van der Waals surface area contributed by atoms with E-state index >= 15 is 0 Å². The maximum absolute atomic E-state index is 13.7. The van der Waals surface area contributed by atoms with E-state index in [2.05, 4.69) is 17.0 Å². The molecule has 13 heteroatoms. The number of rotatable bonds is 5. The summed E-state index contributed by atoms with van der Waals surface area (Å²) in [7, 11) is 3.55. The molecular weight excluding hydrogens is 643 g/mol. The van der Waals surface area contributed by atoms with Crippen molar-refractivity contribution in [2.45, 2.75) is 70.0 Å². The van der Waals surface area contributed by atoms with Gasteiger partial charge in [0.15, 0.2) is 11.5 Å². The van der Waals surface area contributed by atoms with Crippen LogP contribution in [-0.4, -0.2) is 73.6 Å². The van der Waals surface area contributed by atoms with Gasteiger partial charge in [0, 0.05) is 28.8 Å². The summed E-state index contributed by atoms with van der Waals surface area (Å²) >= 11 is 0. The molecule has 0 saturated carbocycles. The van der Waals surface area contributed by atoms with Gasteiger partial charge >= 0.3 is 18.1 Å². The zero-order chi connectivity index (χ0) is 34.9. The number of ether oxygens (including phenoxy) is 5. The van der Waals surface area contributed by atoms with E-state index in [1.165, 1.54) is 6.92 Å². The third kappa shape index (κ3) is 5.08. The van der Waals surface area contributed by atoms with Crippen molar-refractivity contribution in [3.05, 3.63) is 80.9 Å². The number of aryl methyl sites for hydroxylation is 1. The van der Waals surface area contributed by atoms with E-state index in [1.54, 1.807) is 37.4 Å². The molecule has 7 rings (SSSR count). The van der Waals surface area contributed by atoms with Gasteiger partial charge in [-0.25, -0.2) is 9.59 Å². The van der Waals surface area contributed by atoms with Crippen LogP contribution < -0.4 is 18.9 Å². The Labute approximate surface area is 280 Å². The average Bonchev–Trinajstić information content (AvgIpc) is 3.56. The fourth-order valence-electron chi connectivity index (χ4n) is 8.43. The fraction of sp³-hybridized carbons (Fsp3) is 0.417. The second-order valence-electron chi connectivity index (χ2n) is 12.9. The Hall–Kier alpha value is -4.80. The summed E-state index contributed by atoms with van der Waals surface area (Å²) < 4.78 is 69.5. The van der Waals surface area contributed by atoms with Crippen LogP contribution in [-0.2, 0) is 22.4 Å². The van der Waals surface area contributed by atoms with E-state index < -0.39 is 36.2 Å². The number of hydrogen-bond donors (Lipinski definition) is 0. The summed E-state index contributed by atoms with van der Waals surface area (Å²) in [6, 6.07) is 10.2. The van der Waals surface area contributed by atoms with Gasteiger partial charge in [-0.3, -0.25) is 9.80 Å². The SMILES string of the molecule is COc1c(C)cc2c(c1C)[C@@H]1C3Cc4c(OC(=O)C(F)(F)F)c(C)c5c(c4[C@H](COC(=O)c4ccccc4)N3[C@@H](C#N)[C@H](C2)N1C)OCO5. The lowest BCUT2D eigenvalue weighted by Gasteiger charge is -2.60. The van der Waals surface area contributed by atoms with Crippen molar-refractivity contribution < 1.29 is 46.4 Å². The molecule has 3 aromatic rings. The number of carbonyl (C=O) groups excluding carboxylic acids is 2. The van der Waals surface area contributed by atoms with Crippen molar-refractivity contribution >= 4 is 11.9 Å². The number of carbonyl (C=O) groups is 2. The monoisotopic (exact) mass is 677 g/mol. The Morgan fingerprint density at radius 1 is 1.00 bits per heavy atom. The number of esters is 2. The third-order valence-electron chi connectivity index (χ3n) is 10.3. The van der Waals surface area contributed by atoms with Gasteiger partial charge in [0.05, 0.1) is 30.8 Å². The number of alkyl halides is 3. The van der Waals surface area contributed by atoms with Crippen LogP contribution in [0.1, 0.15) is 61.4 Å². The van der Waals surface area contributed by atoms with E-state index in [0.717, 1.165) is 28.0 Å². The van der Waals surface area contributed by atoms with Gasteiger partial charge in [-0.1, -0.05) is 24.3 Å². The molecule has 4 aliphatic heterocycles. The molecule has 0 aliphatic carbocycles. The van der Waals surface area contributed by atoms with Gasteiger partial charge < -0.3 is 23.7 Å². The lowest BCUT2D eigenvalue weighted by molar-refractivity contribution is -0.189. The topological polar surface area (TPSA) is 111 Å². The van der Waals surface area contributed by atoms with Gasteiger partial charge in [-0.15, -0.1) is 0 Å². The number of nitriles is 1. The van der Waals surface area contributed by atoms with Crippen molar-refractivity contribution in [3.63, 3.8) is 0 Å². The quantitative estimate of drug-likeness (QED) is 0.256. The molecule has 1 unspecified atom stereocenters. The second kappa shape index (κ2) is 12.0. The van der Waals surface area contributed by atoms with Crippen LogP contribution >= 0.6 is 0 Å². The summed E-state index contributed by atoms with van der Waals surface area (Å²) in [6.07, 6.45) is -4.62. The molecule has 4 aliphatic rings. The Morgan fingerprint density at radius 3 is 2.39 bits per heavy atom. The molecule has 4 heterocycles. The maximum atomic E-state index is 13.7. The molecule has 0 aromatic heterocycles. The Bertz CT molecular complexity index is 1910. The lowest BCUT2D eigenvalue weighted by atomic mass is 9.71. The zero-order valence-corrected chi connectivity index (χ0v) is 27.5. The molecule has 256 valence electrons. The molecule has 0 amide bonds. The molecule has 1 fully saturated rings. The molecule has 0 radical (unpaired) electrons. The first-order chi connectivity index (χ1) is 23.4. The summed E-state index contributed by atoms with van der Waals surface area (Å²) in [4.78, 5) is 29.8. The first-order valence-electron chi connectivity index (χ1n) is 15.9. The Morgan fingerprint density at radius 2 is 1.71 bits per heavy atom. The predicted molar refractivity (Wildman–Crippen MR) is 168 cm³/mol. The standard InChI is InChI=1S/C36H34F3N3O7/c1-17-11-21-12-23-25(14-40)42-24(29(41(23)4)27(21)18(2)30(17)45-5)13-22-28(26(42)15-46-34(43)20-9-7-6-8-10-20)33-32(47-16-48-33)19(3)31(22)49-35(44)36(37,38)39/h6-11,23-26,29H,12-13,15-16H2,1-5H3/t23-,24?,25-,26-,29-/m0/s1. The van der Waals surface area contributed by atoms with Crippen LogP contribution in [0.15, 0.2) is 36.4 Å². The van der Waals surface area contributed by atoms with Crippen molar-refractivity contribution in [1.29, 1.82) is 5.26 Å². The average molecular weight is 678 g/mol. The van der Waals surface area contributed by atoms with E-state index in [-0.39, 0.29) is 54.7 Å². The summed E-state index contributed by atoms with van der Waals surface area (Å²) in [5.74, 6) is -2.16. The van der Waals surface area contributed by atoms with Gasteiger partial charge in [0.2, 0.25) is 6.79 Å². The minimum Gasteiger partial charge on any atom is -0.496 e. The molecule has 1 saturated heterocycles. The Kier molecular flexibility index (Phi) is 7.99. The normalized spacial score (nSPS) is 23.9. The third-order valence-corrected chi connectivity index (χ3v) is 10.3. The highest BCUT2D eigenvalue weighted by Crippen LogP contribution is 2.57. The highest BCUT2D eigenvalue weighted by atomic mass is 19.4. The van der Waals surface area contributed by atoms with Crippen LogP contribution in [0.2, 0.25) is 0 Å². The van der Waals surface area contributed by atoms with E-state index in [9.17, 15) is 28.0 Å². The highest BCUT2D eigenvalue weighted by Gasteiger charge is 2.57. The molecule has 2 bridgehead atoms. The number of nitrogens with zero attached hydrogens (tertiary/aromatic N) is 3. The molecule has 0 spiro atoms. The lowest BCUT2D eigenvalue weighted by Crippen LogP contribution is -2.68. The summed E-state index contributed by atoms with van der Waals surface area (Å²) in [6.45, 7) is 4.97. The molecule has 10 nitrogen and oxygen atoms in total. The number of likely N-dealkylation sites (N-methyl/N-ethyl adjacent to an activating group) is 1. The van der Waals surface area contributed by atoms with Crippen LogP contribution in [0.4, 0.5) is 13.2 Å². The van der Waals surface area contributed by atoms with E-state index in [4.69, 9.17) is 23.7 Å². The van der Waals surface area contributed by atoms with Gasteiger partial charge in [-0.2, -0.15) is 18.4 Å². The fourth-order valence-corrected chi connectivity index (χ4v) is 8.43. The van der Waals surface area contributed by atoms with Crippen molar-refractivity contribution in [1.82, 2.24) is 9.80 Å². The van der Waals surface area contributed by atoms with Crippen LogP contribution in [0.5, 0.6) is 23.0 Å². The van der Waals surface area contributed by atoms with Crippen molar-refractivity contribution in [2.24, 2.45) is 0 Å². The minimum atomic E-state index is -5.26. The van der Waals surface area contributed by atoms with E-state index in [0.29, 0.717) is 23.1 Å². The van der Waals surface area contributed by atoms with Crippen LogP contribution in [0, 0.1) is 32.1 Å². The minimum absolute atomic E-state index is 0.0887. The number of benzene rings is 3. The largest absolute Gasteiger partial charge is 0.496 e. The molecular formula is C36H34F3N3O7. The van der Waals surface area contributed by atoms with Crippen LogP contribution in [0.25, 0.3) is 0 Å². The molecule has 3 aromatic carbocycles. The summed E-state index contributed by atoms with van der Waals surface area (Å²) in [5.41, 5.74) is 5.09. The second-order valence-corrected chi connectivity index (χ2v) is 12.9. The van der Waals surface area contributed by atoms with Crippen molar-refractivity contribution in [3.8, 4) is 29.1 Å². The van der Waals surface area contributed by atoms with Gasteiger partial charge in [0.25, 0.3) is 0 Å². The Balaban J connectivity index is 1.45. The van der Waals surface area contributed by atoms with Crippen molar-refractivity contribution in [2.75, 3.05) is 27.6 Å². The number of fused-ring (bicyclic) bond motifs is 9. The zero-order valence-electron chi connectivity index (χ0n) is 27.5. The first-order valence-corrected chi connectivity index (χ1v) is 15.9. The predicted octanol–water partition coefficient (Wildman–Crippen LogP) is 5.45. The first kappa shape index (κ1) is 32.7. The smallest absolute Gasteiger partial charge is 0.491 e. The van der Waals surface area contributed by atoms with Gasteiger partial charge in [-0.05, 0) is 75.0 Å². The summed E-state index contributed by atoms with van der Waals surface area (Å²) in [5, 5.41) is 10.8. The van der Waals surface area contributed by atoms with Crippen LogP contribution in [0.3, 0.4) is 0 Å². The number of methoxy groups -OCH3 is 1. The highest BCUT2D eigenvalue weighted by molar-refractivity contribution is 5.89. The number of hydrogen-bond acceptors (Lipinski definition) is 10. The molecule has 49 heavy (non-hydrogen) atoms. The maximum Gasteiger partial charge on any atom is 0.491 e. The number of halogens is 3. The molecule has 5 atom stereocenters.